The number of amidine groups is 2. The molecular weight excluding hydrogens is 226 g/mol. The van der Waals surface area contributed by atoms with Crippen LogP contribution in [-0.2, 0) is 6.42 Å². The molecule has 1 aromatic rings. The standard InChI is InChI=1S/C13H19N5/c1-4-9-6-5-7-10(8-9)18-13(15)11(16-2)12(14)17-3/h5-8H,4H2,1-3H3,(H2,14,17)(H2,15,18)/b16-11+. The van der Waals surface area contributed by atoms with E-state index < -0.39 is 0 Å². The summed E-state index contributed by atoms with van der Waals surface area (Å²) in [5, 5.41) is 10.9. The number of aliphatic imine (C=N–C) groups is 2. The lowest BCUT2D eigenvalue weighted by molar-refractivity contribution is 1.14. The lowest BCUT2D eigenvalue weighted by atomic mass is 10.1. The molecule has 0 saturated heterocycles. The molecule has 18 heavy (non-hydrogen) atoms. The van der Waals surface area contributed by atoms with Crippen LogP contribution in [-0.4, -0.2) is 31.5 Å². The highest BCUT2D eigenvalue weighted by atomic mass is 15.0. The molecule has 0 aliphatic rings. The molecule has 4 N–H and O–H groups in total. The second kappa shape index (κ2) is 6.54. The van der Waals surface area contributed by atoms with Crippen LogP contribution in [0.2, 0.25) is 0 Å². The summed E-state index contributed by atoms with van der Waals surface area (Å²) in [6, 6.07) is 7.90. The number of hydrogen-bond donors (Lipinski definition) is 3. The molecule has 5 nitrogen and oxygen atoms in total. The van der Waals surface area contributed by atoms with Gasteiger partial charge < -0.3 is 11.1 Å². The van der Waals surface area contributed by atoms with Crippen LogP contribution in [0.3, 0.4) is 0 Å². The van der Waals surface area contributed by atoms with E-state index in [1.165, 1.54) is 5.56 Å². The number of nitrogens with zero attached hydrogens (tertiary/aromatic N) is 2. The van der Waals surface area contributed by atoms with Crippen LogP contribution >= 0.6 is 0 Å². The maximum Gasteiger partial charge on any atom is 0.152 e. The topological polar surface area (TPSA) is 86.6 Å². The zero-order chi connectivity index (χ0) is 13.5. The van der Waals surface area contributed by atoms with Crippen LogP contribution in [0.5, 0.6) is 0 Å². The molecule has 1 rings (SSSR count). The van der Waals surface area contributed by atoms with Gasteiger partial charge in [0.2, 0.25) is 0 Å². The highest BCUT2D eigenvalue weighted by Crippen LogP contribution is 2.11. The SMILES string of the molecule is CCc1cccc(NC(=N)C(=N/C)/C(N)=N\C)c1. The van der Waals surface area contributed by atoms with Gasteiger partial charge in [-0.15, -0.1) is 0 Å². The van der Waals surface area contributed by atoms with E-state index in [2.05, 4.69) is 22.2 Å². The number of rotatable bonds is 4. The van der Waals surface area contributed by atoms with Gasteiger partial charge in [-0.05, 0) is 24.1 Å². The van der Waals surface area contributed by atoms with Crippen molar-refractivity contribution in [2.75, 3.05) is 19.4 Å². The predicted octanol–water partition coefficient (Wildman–Crippen LogP) is 1.70. The van der Waals surface area contributed by atoms with Crippen LogP contribution in [0.4, 0.5) is 5.69 Å². The minimum atomic E-state index is 0.147. The Morgan fingerprint density at radius 1 is 1.33 bits per heavy atom. The highest BCUT2D eigenvalue weighted by Gasteiger charge is 2.10. The first-order valence-electron chi connectivity index (χ1n) is 5.76. The first-order chi connectivity index (χ1) is 8.62. The maximum atomic E-state index is 7.94. The molecule has 0 fully saturated rings. The largest absolute Gasteiger partial charge is 0.382 e. The summed E-state index contributed by atoms with van der Waals surface area (Å²) in [5.74, 6) is 0.399. The second-order valence-electron chi connectivity index (χ2n) is 3.73. The van der Waals surface area contributed by atoms with Gasteiger partial charge in [0.1, 0.15) is 11.5 Å². The fourth-order valence-electron chi connectivity index (χ4n) is 1.53. The zero-order valence-corrected chi connectivity index (χ0v) is 11.0. The molecule has 0 aliphatic carbocycles. The highest BCUT2D eigenvalue weighted by molar-refractivity contribution is 6.68. The fraction of sp³-hybridized carbons (Fsp3) is 0.308. The van der Waals surface area contributed by atoms with Crippen LogP contribution in [0.25, 0.3) is 0 Å². The lowest BCUT2D eigenvalue weighted by Crippen LogP contribution is -2.34. The van der Waals surface area contributed by atoms with Crippen molar-refractivity contribution in [1.82, 2.24) is 0 Å². The Bertz CT molecular complexity index is 488. The van der Waals surface area contributed by atoms with E-state index in [0.717, 1.165) is 12.1 Å². The maximum absolute atomic E-state index is 7.94. The van der Waals surface area contributed by atoms with Crippen LogP contribution in [0, 0.1) is 5.41 Å². The molecule has 0 atom stereocenters. The van der Waals surface area contributed by atoms with Crippen molar-refractivity contribution in [3.63, 3.8) is 0 Å². The Morgan fingerprint density at radius 2 is 2.06 bits per heavy atom. The summed E-state index contributed by atoms with van der Waals surface area (Å²) in [4.78, 5) is 7.81. The Kier molecular flexibility index (Phi) is 5.05. The van der Waals surface area contributed by atoms with Crippen molar-refractivity contribution in [3.05, 3.63) is 29.8 Å². The molecule has 0 aromatic heterocycles. The zero-order valence-electron chi connectivity index (χ0n) is 11.0. The number of benzene rings is 1. The second-order valence-corrected chi connectivity index (χ2v) is 3.73. The van der Waals surface area contributed by atoms with Crippen molar-refractivity contribution in [1.29, 1.82) is 5.41 Å². The summed E-state index contributed by atoms with van der Waals surface area (Å²) < 4.78 is 0. The minimum Gasteiger partial charge on any atom is -0.382 e. The van der Waals surface area contributed by atoms with Gasteiger partial charge in [0, 0.05) is 19.8 Å². The number of nitrogens with one attached hydrogen (secondary N) is 2. The van der Waals surface area contributed by atoms with Gasteiger partial charge in [-0.3, -0.25) is 15.4 Å². The Labute approximate surface area is 107 Å². The third-order valence-electron chi connectivity index (χ3n) is 2.55. The molecule has 0 heterocycles. The minimum absolute atomic E-state index is 0.147. The van der Waals surface area contributed by atoms with Gasteiger partial charge in [0.15, 0.2) is 5.84 Å². The summed E-state index contributed by atoms with van der Waals surface area (Å²) in [5.41, 5.74) is 8.10. The average Bonchev–Trinajstić information content (AvgIpc) is 2.39. The van der Waals surface area contributed by atoms with Crippen molar-refractivity contribution in [3.8, 4) is 0 Å². The molecule has 0 unspecified atom stereocenters. The van der Waals surface area contributed by atoms with Gasteiger partial charge in [0.25, 0.3) is 0 Å². The third-order valence-corrected chi connectivity index (χ3v) is 2.55. The smallest absolute Gasteiger partial charge is 0.152 e. The van der Waals surface area contributed by atoms with Gasteiger partial charge in [-0.25, -0.2) is 0 Å². The summed E-state index contributed by atoms with van der Waals surface area (Å²) >= 11 is 0. The van der Waals surface area contributed by atoms with Crippen molar-refractivity contribution in [2.24, 2.45) is 15.7 Å². The van der Waals surface area contributed by atoms with Gasteiger partial charge in [-0.2, -0.15) is 0 Å². The Hall–Kier alpha value is -2.17. The molecular formula is C13H19N5. The molecule has 1 aromatic carbocycles. The van der Waals surface area contributed by atoms with E-state index in [1.807, 2.05) is 24.3 Å². The average molecular weight is 245 g/mol. The first-order valence-corrected chi connectivity index (χ1v) is 5.76. The third kappa shape index (κ3) is 3.41. The fourth-order valence-corrected chi connectivity index (χ4v) is 1.53. The van der Waals surface area contributed by atoms with Crippen LogP contribution in [0.1, 0.15) is 12.5 Å². The number of anilines is 1. The molecule has 0 amide bonds. The molecule has 0 aliphatic heterocycles. The van der Waals surface area contributed by atoms with Crippen molar-refractivity contribution >= 4 is 23.1 Å². The van der Waals surface area contributed by atoms with E-state index in [1.54, 1.807) is 14.1 Å². The quantitative estimate of drug-likeness (QED) is 0.557. The Balaban J connectivity index is 2.87. The van der Waals surface area contributed by atoms with E-state index in [4.69, 9.17) is 11.1 Å². The Morgan fingerprint density at radius 3 is 2.61 bits per heavy atom. The van der Waals surface area contributed by atoms with E-state index >= 15 is 0 Å². The predicted molar refractivity (Wildman–Crippen MR) is 78.1 cm³/mol. The summed E-state index contributed by atoms with van der Waals surface area (Å²) in [7, 11) is 3.16. The molecule has 5 heteroatoms. The number of nitrogens with two attached hydrogens (primary N) is 1. The number of hydrogen-bond acceptors (Lipinski definition) is 3. The summed E-state index contributed by atoms with van der Waals surface area (Å²) in [6.07, 6.45) is 0.954. The number of aryl methyl sites for hydroxylation is 1. The first kappa shape index (κ1) is 13.9. The van der Waals surface area contributed by atoms with Crippen LogP contribution < -0.4 is 11.1 Å². The molecule has 0 bridgehead atoms. The van der Waals surface area contributed by atoms with Gasteiger partial charge in [0.05, 0.1) is 0 Å². The molecule has 96 valence electrons. The van der Waals surface area contributed by atoms with Gasteiger partial charge >= 0.3 is 0 Å². The lowest BCUT2D eigenvalue weighted by Gasteiger charge is -2.10. The van der Waals surface area contributed by atoms with E-state index in [0.29, 0.717) is 5.71 Å². The normalized spacial score (nSPS) is 12.4. The monoisotopic (exact) mass is 245 g/mol. The molecule has 0 saturated carbocycles. The molecule has 0 radical (unpaired) electrons. The van der Waals surface area contributed by atoms with Crippen molar-refractivity contribution in [2.45, 2.75) is 13.3 Å². The summed E-state index contributed by atoms with van der Waals surface area (Å²) in [6.45, 7) is 2.09. The van der Waals surface area contributed by atoms with E-state index in [-0.39, 0.29) is 11.7 Å². The van der Waals surface area contributed by atoms with Crippen molar-refractivity contribution < 1.29 is 0 Å². The van der Waals surface area contributed by atoms with Crippen LogP contribution in [0.15, 0.2) is 34.3 Å². The molecule has 0 spiro atoms. The van der Waals surface area contributed by atoms with Gasteiger partial charge in [-0.1, -0.05) is 19.1 Å². The van der Waals surface area contributed by atoms with E-state index in [9.17, 15) is 0 Å².